The minimum absolute atomic E-state index is 0.343. The van der Waals surface area contributed by atoms with Gasteiger partial charge in [-0.1, -0.05) is 6.92 Å². The molecule has 0 aromatic heterocycles. The average Bonchev–Trinajstić information content (AvgIpc) is 3.03. The molecule has 14 heavy (non-hydrogen) atoms. The Bertz CT molecular complexity index is 160. The summed E-state index contributed by atoms with van der Waals surface area (Å²) in [4.78, 5) is 0. The van der Waals surface area contributed by atoms with E-state index in [4.69, 9.17) is 18.0 Å². The summed E-state index contributed by atoms with van der Waals surface area (Å²) in [6.45, 7) is 3.00. The van der Waals surface area contributed by atoms with Crippen molar-refractivity contribution in [2.75, 3.05) is 27.9 Å². The third-order valence-corrected chi connectivity index (χ3v) is 6.15. The van der Waals surface area contributed by atoms with Gasteiger partial charge in [0.15, 0.2) is 0 Å². The van der Waals surface area contributed by atoms with E-state index in [2.05, 4.69) is 6.92 Å². The first-order valence-electron chi connectivity index (χ1n) is 4.99. The molecular weight excluding hydrogens is 200 g/mol. The maximum absolute atomic E-state index is 5.46. The van der Waals surface area contributed by atoms with Crippen LogP contribution < -0.4 is 0 Å². The lowest BCUT2D eigenvalue weighted by Gasteiger charge is -2.31. The van der Waals surface area contributed by atoms with Gasteiger partial charge in [-0.15, -0.1) is 0 Å². The van der Waals surface area contributed by atoms with Crippen molar-refractivity contribution in [3.05, 3.63) is 0 Å². The Balaban J connectivity index is 2.59. The molecule has 1 saturated heterocycles. The lowest BCUT2D eigenvalue weighted by atomic mass is 10.2. The second-order valence-electron chi connectivity index (χ2n) is 3.51. The van der Waals surface area contributed by atoms with Gasteiger partial charge in [0.25, 0.3) is 0 Å². The van der Waals surface area contributed by atoms with E-state index in [-0.39, 0.29) is 0 Å². The first-order valence-corrected chi connectivity index (χ1v) is 6.79. The standard InChI is InChI=1S/C9H20O4Si/c1-5-9(6-8-7-13-8)14(10-2,11-3)12-4/h8-9H,5-7H2,1-4H3. The van der Waals surface area contributed by atoms with Crippen LogP contribution in [0.5, 0.6) is 0 Å². The Morgan fingerprint density at radius 1 is 1.29 bits per heavy atom. The van der Waals surface area contributed by atoms with Gasteiger partial charge in [0.2, 0.25) is 0 Å². The van der Waals surface area contributed by atoms with Crippen molar-refractivity contribution in [3.63, 3.8) is 0 Å². The van der Waals surface area contributed by atoms with E-state index in [1.54, 1.807) is 21.3 Å². The van der Waals surface area contributed by atoms with Crippen LogP contribution in [0.25, 0.3) is 0 Å². The molecule has 2 atom stereocenters. The highest BCUT2D eigenvalue weighted by atomic mass is 28.4. The van der Waals surface area contributed by atoms with Crippen molar-refractivity contribution >= 4 is 8.80 Å². The molecule has 0 bridgehead atoms. The molecule has 1 rings (SSSR count). The molecule has 4 nitrogen and oxygen atoms in total. The molecule has 0 aliphatic carbocycles. The van der Waals surface area contributed by atoms with Crippen LogP contribution in [0.15, 0.2) is 0 Å². The molecule has 0 aromatic rings. The number of hydrogen-bond acceptors (Lipinski definition) is 4. The van der Waals surface area contributed by atoms with Gasteiger partial charge >= 0.3 is 8.80 Å². The van der Waals surface area contributed by atoms with Crippen LogP contribution in [-0.4, -0.2) is 42.8 Å². The zero-order chi connectivity index (χ0) is 10.6. The van der Waals surface area contributed by atoms with Gasteiger partial charge in [-0.25, -0.2) is 0 Å². The Labute approximate surface area is 86.9 Å². The molecule has 1 fully saturated rings. The summed E-state index contributed by atoms with van der Waals surface area (Å²) in [6, 6.07) is 0. The van der Waals surface area contributed by atoms with E-state index in [0.717, 1.165) is 19.4 Å². The van der Waals surface area contributed by atoms with Gasteiger partial charge in [0, 0.05) is 26.9 Å². The highest BCUT2D eigenvalue weighted by molar-refractivity contribution is 6.62. The van der Waals surface area contributed by atoms with Crippen LogP contribution in [0.4, 0.5) is 0 Å². The maximum atomic E-state index is 5.46. The SMILES string of the molecule is CCC(CC1CO1)[Si](OC)(OC)OC. The quantitative estimate of drug-likeness (QED) is 0.481. The van der Waals surface area contributed by atoms with Crippen molar-refractivity contribution < 1.29 is 18.0 Å². The Hall–Kier alpha value is 0.0569. The molecule has 1 heterocycles. The molecule has 0 aromatic carbocycles. The Morgan fingerprint density at radius 2 is 1.79 bits per heavy atom. The highest BCUT2D eigenvalue weighted by Gasteiger charge is 2.48. The molecule has 1 aliphatic heterocycles. The van der Waals surface area contributed by atoms with Crippen molar-refractivity contribution in [3.8, 4) is 0 Å². The van der Waals surface area contributed by atoms with Crippen LogP contribution in [0.2, 0.25) is 5.54 Å². The zero-order valence-corrected chi connectivity index (χ0v) is 10.4. The van der Waals surface area contributed by atoms with Crippen LogP contribution in [0.3, 0.4) is 0 Å². The number of ether oxygens (including phenoxy) is 1. The fourth-order valence-corrected chi connectivity index (χ4v) is 4.38. The average molecular weight is 220 g/mol. The molecular formula is C9H20O4Si. The topological polar surface area (TPSA) is 40.2 Å². The van der Waals surface area contributed by atoms with Crippen LogP contribution in [0.1, 0.15) is 19.8 Å². The minimum Gasteiger partial charge on any atom is -0.377 e. The van der Waals surface area contributed by atoms with Gasteiger partial charge in [0.1, 0.15) is 0 Å². The number of epoxide rings is 1. The van der Waals surface area contributed by atoms with Gasteiger partial charge in [-0.3, -0.25) is 0 Å². The van der Waals surface area contributed by atoms with Crippen LogP contribution >= 0.6 is 0 Å². The number of hydrogen-bond donors (Lipinski definition) is 0. The van der Waals surface area contributed by atoms with Gasteiger partial charge in [0.05, 0.1) is 12.7 Å². The van der Waals surface area contributed by atoms with E-state index in [1.807, 2.05) is 0 Å². The fraction of sp³-hybridized carbons (Fsp3) is 1.00. The van der Waals surface area contributed by atoms with Crippen molar-refractivity contribution in [2.45, 2.75) is 31.4 Å². The third kappa shape index (κ3) is 2.55. The molecule has 2 unspecified atom stereocenters. The molecule has 0 amide bonds. The molecule has 0 saturated carbocycles. The van der Waals surface area contributed by atoms with Gasteiger partial charge < -0.3 is 18.0 Å². The normalized spacial score (nSPS) is 23.6. The largest absolute Gasteiger partial charge is 0.503 e. The molecule has 0 N–H and O–H groups in total. The summed E-state index contributed by atoms with van der Waals surface area (Å²) in [5.41, 5.74) is 0.343. The monoisotopic (exact) mass is 220 g/mol. The summed E-state index contributed by atoms with van der Waals surface area (Å²) < 4.78 is 21.6. The Morgan fingerprint density at radius 3 is 2.07 bits per heavy atom. The predicted molar refractivity (Wildman–Crippen MR) is 55.2 cm³/mol. The van der Waals surface area contributed by atoms with E-state index in [1.165, 1.54) is 0 Å². The van der Waals surface area contributed by atoms with E-state index < -0.39 is 8.80 Å². The van der Waals surface area contributed by atoms with Crippen molar-refractivity contribution in [2.24, 2.45) is 0 Å². The summed E-state index contributed by atoms with van der Waals surface area (Å²) in [7, 11) is 2.54. The highest BCUT2D eigenvalue weighted by Crippen LogP contribution is 2.35. The lowest BCUT2D eigenvalue weighted by molar-refractivity contribution is 0.107. The summed E-state index contributed by atoms with van der Waals surface area (Å²) in [5, 5.41) is 0. The van der Waals surface area contributed by atoms with Gasteiger partial charge in [-0.05, 0) is 12.8 Å². The van der Waals surface area contributed by atoms with E-state index >= 15 is 0 Å². The third-order valence-electron chi connectivity index (χ3n) is 2.80. The van der Waals surface area contributed by atoms with E-state index in [0.29, 0.717) is 11.6 Å². The first-order chi connectivity index (χ1) is 6.72. The Kier molecular flexibility index (Phi) is 4.53. The maximum Gasteiger partial charge on any atom is 0.503 e. The fourth-order valence-electron chi connectivity index (χ4n) is 1.83. The zero-order valence-electron chi connectivity index (χ0n) is 9.41. The molecule has 5 heteroatoms. The smallest absolute Gasteiger partial charge is 0.377 e. The summed E-state index contributed by atoms with van der Waals surface area (Å²) in [6.07, 6.45) is 2.38. The minimum atomic E-state index is -2.45. The summed E-state index contributed by atoms with van der Waals surface area (Å²) >= 11 is 0. The predicted octanol–water partition coefficient (Wildman–Crippen LogP) is 1.43. The molecule has 0 spiro atoms. The summed E-state index contributed by atoms with van der Waals surface area (Å²) in [5.74, 6) is 0. The van der Waals surface area contributed by atoms with E-state index in [9.17, 15) is 0 Å². The van der Waals surface area contributed by atoms with Crippen molar-refractivity contribution in [1.29, 1.82) is 0 Å². The molecule has 1 aliphatic rings. The second kappa shape index (κ2) is 5.23. The molecule has 0 radical (unpaired) electrons. The lowest BCUT2D eigenvalue weighted by Crippen LogP contribution is -2.48. The first kappa shape index (κ1) is 12.1. The van der Waals surface area contributed by atoms with Gasteiger partial charge in [-0.2, -0.15) is 0 Å². The van der Waals surface area contributed by atoms with Crippen molar-refractivity contribution in [1.82, 2.24) is 0 Å². The van der Waals surface area contributed by atoms with Crippen LogP contribution in [0, 0.1) is 0 Å². The van der Waals surface area contributed by atoms with Crippen LogP contribution in [-0.2, 0) is 18.0 Å². The molecule has 84 valence electrons. The number of rotatable bonds is 7. The second-order valence-corrected chi connectivity index (χ2v) is 6.76.